The molecule has 0 aromatic carbocycles. The van der Waals surface area contributed by atoms with E-state index < -0.39 is 12.3 Å². The topological polar surface area (TPSA) is 0 Å². The van der Waals surface area contributed by atoms with Crippen molar-refractivity contribution in [2.75, 3.05) is 0 Å². The van der Waals surface area contributed by atoms with Crippen LogP contribution < -0.4 is 0 Å². The van der Waals surface area contributed by atoms with Crippen molar-refractivity contribution in [3.8, 4) is 0 Å². The maximum Gasteiger partial charge on any atom is 0.484 e. The Hall–Kier alpha value is -0.145. The highest BCUT2D eigenvalue weighted by Crippen LogP contribution is 2.84. The minimum absolute atomic E-state index is 0.0893. The van der Waals surface area contributed by atoms with Crippen LogP contribution in [-0.2, 0) is 0 Å². The molecular weight excluding hydrogens is 176 g/mol. The highest BCUT2D eigenvalue weighted by Gasteiger charge is 2.74. The van der Waals surface area contributed by atoms with Crippen molar-refractivity contribution >= 4 is 6.98 Å². The van der Waals surface area contributed by atoms with Gasteiger partial charge in [0, 0.05) is 0 Å². The lowest BCUT2D eigenvalue weighted by atomic mass is 9.22. The molecule has 0 nitrogen and oxygen atoms in total. The third-order valence-corrected chi connectivity index (χ3v) is 4.46. The summed E-state index contributed by atoms with van der Waals surface area (Å²) >= 11 is 0. The Morgan fingerprint density at radius 3 is 2.00 bits per heavy atom. The molecule has 3 rings (SSSR count). The first kappa shape index (κ1) is 9.41. The summed E-state index contributed by atoms with van der Waals surface area (Å²) in [6.45, 7) is -0.415. The van der Waals surface area contributed by atoms with E-state index in [1.807, 2.05) is 0 Å². The smallest absolute Gasteiger partial charge is 0.449 e. The molecule has 0 heterocycles. The van der Waals surface area contributed by atoms with Crippen LogP contribution in [0.1, 0.15) is 39.5 Å². The van der Waals surface area contributed by atoms with Crippen molar-refractivity contribution in [1.29, 1.82) is 0 Å². The highest BCUT2D eigenvalue weighted by atomic mass is 19.4. The third-order valence-electron chi connectivity index (χ3n) is 4.46. The fourth-order valence-electron chi connectivity index (χ4n) is 3.25. The molecule has 1 unspecified atom stereocenters. The van der Waals surface area contributed by atoms with Gasteiger partial charge in [0.15, 0.2) is 0 Å². The normalized spacial score (nSPS) is 45.0. The van der Waals surface area contributed by atoms with Crippen LogP contribution in [0.5, 0.6) is 0 Å². The van der Waals surface area contributed by atoms with Crippen molar-refractivity contribution in [3.05, 3.63) is 0 Å². The molecule has 0 aliphatic heterocycles. The van der Waals surface area contributed by atoms with Gasteiger partial charge in [0.25, 0.3) is 0 Å². The summed E-state index contributed by atoms with van der Waals surface area (Å²) in [5.41, 5.74) is 0.0893. The molecule has 4 heteroatoms. The Labute approximate surface area is 76.9 Å². The van der Waals surface area contributed by atoms with Crippen molar-refractivity contribution in [2.24, 2.45) is 11.3 Å². The van der Waals surface area contributed by atoms with Crippen molar-refractivity contribution in [2.45, 2.75) is 44.8 Å². The van der Waals surface area contributed by atoms with Crippen LogP contribution >= 0.6 is 0 Å². The second kappa shape index (κ2) is 2.26. The Morgan fingerprint density at radius 1 is 1.23 bits per heavy atom. The number of rotatable bonds is 3. The van der Waals surface area contributed by atoms with E-state index in [1.54, 1.807) is 0 Å². The van der Waals surface area contributed by atoms with Gasteiger partial charge in [-0.05, 0) is 11.3 Å². The molecule has 13 heavy (non-hydrogen) atoms. The summed E-state index contributed by atoms with van der Waals surface area (Å²) < 4.78 is 37.6. The monoisotopic (exact) mass is 191 g/mol. The maximum absolute atomic E-state index is 12.5. The zero-order valence-corrected chi connectivity index (χ0v) is 8.12. The molecule has 0 amide bonds. The van der Waals surface area contributed by atoms with Crippen LogP contribution in [0.4, 0.5) is 12.9 Å². The molecule has 3 aliphatic rings. The predicted octanol–water partition coefficient (Wildman–Crippen LogP) is 3.80. The lowest BCUT2D eigenvalue weighted by molar-refractivity contribution is -0.151. The van der Waals surface area contributed by atoms with Crippen molar-refractivity contribution in [3.63, 3.8) is 0 Å². The van der Waals surface area contributed by atoms with Gasteiger partial charge in [-0.1, -0.05) is 44.8 Å². The molecule has 0 aromatic heterocycles. The molecule has 3 fully saturated rings. The minimum atomic E-state index is -4.57. The molecule has 0 spiro atoms. The average molecular weight is 191 g/mol. The lowest BCUT2D eigenvalue weighted by Crippen LogP contribution is -2.67. The largest absolute Gasteiger partial charge is 0.484 e. The van der Waals surface area contributed by atoms with Gasteiger partial charge in [-0.25, -0.2) is 0 Å². The predicted molar refractivity (Wildman–Crippen MR) is 47.5 cm³/mol. The molecule has 0 radical (unpaired) electrons. The fraction of sp³-hybridized carbons (Fsp3) is 1.00. The van der Waals surface area contributed by atoms with E-state index in [1.165, 1.54) is 0 Å². The molecule has 2 bridgehead atoms. The van der Waals surface area contributed by atoms with Gasteiger partial charge >= 0.3 is 6.98 Å². The fourth-order valence-corrected chi connectivity index (χ4v) is 3.25. The molecule has 3 aliphatic carbocycles. The quantitative estimate of drug-likeness (QED) is 0.595. The summed E-state index contributed by atoms with van der Waals surface area (Å²) in [6, 6.07) is 0. The summed E-state index contributed by atoms with van der Waals surface area (Å²) in [7, 11) is 0. The number of hydrogen-bond acceptors (Lipinski definition) is 0. The molecule has 76 valence electrons. The average Bonchev–Trinajstić information content (AvgIpc) is 1.77. The van der Waals surface area contributed by atoms with Crippen LogP contribution in [0.2, 0.25) is 5.31 Å². The second-order valence-electron chi connectivity index (χ2n) is 5.14. The molecule has 0 aromatic rings. The summed E-state index contributed by atoms with van der Waals surface area (Å²) in [6.07, 6.45) is 2.30. The van der Waals surface area contributed by atoms with Gasteiger partial charge < -0.3 is 12.9 Å². The molecule has 1 atom stereocenters. The standard InChI is InChI=1S/C9H15BF3/c1-3-7(2)8-4-9(5-8,6-8)10(11,12)13/h7H,3-6H2,1-2H3/q-1. The van der Waals surface area contributed by atoms with Crippen LogP contribution in [0.25, 0.3) is 0 Å². The van der Waals surface area contributed by atoms with Crippen molar-refractivity contribution < 1.29 is 12.9 Å². The first-order valence-electron chi connectivity index (χ1n) is 5.05. The molecule has 3 saturated carbocycles. The van der Waals surface area contributed by atoms with Gasteiger partial charge in [0.2, 0.25) is 0 Å². The van der Waals surface area contributed by atoms with E-state index >= 15 is 0 Å². The van der Waals surface area contributed by atoms with Crippen LogP contribution in [0.15, 0.2) is 0 Å². The highest BCUT2D eigenvalue weighted by molar-refractivity contribution is 6.63. The van der Waals surface area contributed by atoms with E-state index in [0.29, 0.717) is 25.2 Å². The van der Waals surface area contributed by atoms with Gasteiger partial charge in [-0.2, -0.15) is 0 Å². The van der Waals surface area contributed by atoms with Gasteiger partial charge in [0.1, 0.15) is 0 Å². The Balaban J connectivity index is 2.00. The lowest BCUT2D eigenvalue weighted by Gasteiger charge is -2.77. The van der Waals surface area contributed by atoms with Gasteiger partial charge in [-0.15, -0.1) is 0 Å². The number of hydrogen-bond donors (Lipinski definition) is 0. The minimum Gasteiger partial charge on any atom is -0.449 e. The Morgan fingerprint density at radius 2 is 1.69 bits per heavy atom. The first-order chi connectivity index (χ1) is 5.85. The van der Waals surface area contributed by atoms with Crippen LogP contribution in [0, 0.1) is 11.3 Å². The van der Waals surface area contributed by atoms with E-state index in [0.717, 1.165) is 6.42 Å². The Bertz CT molecular complexity index is 214. The summed E-state index contributed by atoms with van der Waals surface area (Å²) in [5, 5.41) is -1.19. The first-order valence-corrected chi connectivity index (χ1v) is 5.05. The van der Waals surface area contributed by atoms with E-state index in [9.17, 15) is 12.9 Å². The third kappa shape index (κ3) is 0.948. The van der Waals surface area contributed by atoms with Crippen molar-refractivity contribution in [1.82, 2.24) is 0 Å². The molecule has 0 saturated heterocycles. The zero-order chi connectivity index (χ0) is 9.91. The number of halogens is 3. The molecule has 0 N–H and O–H groups in total. The molecular formula is C9H15BF3-. The van der Waals surface area contributed by atoms with E-state index in [-0.39, 0.29) is 5.41 Å². The summed E-state index contributed by atoms with van der Waals surface area (Å²) in [4.78, 5) is 0. The van der Waals surface area contributed by atoms with Crippen LogP contribution in [0.3, 0.4) is 0 Å². The Kier molecular flexibility index (Phi) is 1.64. The van der Waals surface area contributed by atoms with E-state index in [4.69, 9.17) is 0 Å². The zero-order valence-electron chi connectivity index (χ0n) is 8.12. The SMILES string of the molecule is CCC(C)C12CC([B-](F)(F)F)(C1)C2. The maximum atomic E-state index is 12.5. The van der Waals surface area contributed by atoms with Crippen LogP contribution in [-0.4, -0.2) is 6.98 Å². The van der Waals surface area contributed by atoms with Gasteiger partial charge in [-0.3, -0.25) is 0 Å². The van der Waals surface area contributed by atoms with Gasteiger partial charge in [0.05, 0.1) is 0 Å². The van der Waals surface area contributed by atoms with E-state index in [2.05, 4.69) is 13.8 Å². The summed E-state index contributed by atoms with van der Waals surface area (Å²) in [5.74, 6) is 0.479. The second-order valence-corrected chi connectivity index (χ2v) is 5.14.